The zero-order valence-corrected chi connectivity index (χ0v) is 11.2. The molecule has 0 bridgehead atoms. The van der Waals surface area contributed by atoms with Crippen molar-refractivity contribution in [1.82, 2.24) is 14.8 Å². The summed E-state index contributed by atoms with van der Waals surface area (Å²) >= 11 is 4.76. The summed E-state index contributed by atoms with van der Waals surface area (Å²) in [6.45, 7) is 0. The van der Waals surface area contributed by atoms with Crippen LogP contribution < -0.4 is 0 Å². The molecule has 0 aliphatic carbocycles. The molecule has 0 amide bonds. The number of halogens is 1. The van der Waals surface area contributed by atoms with Gasteiger partial charge in [-0.15, -0.1) is 0 Å². The molecule has 0 aliphatic rings. The van der Waals surface area contributed by atoms with E-state index in [0.29, 0.717) is 0 Å². The van der Waals surface area contributed by atoms with Crippen molar-refractivity contribution in [3.8, 4) is 0 Å². The Labute approximate surface area is 110 Å². The highest BCUT2D eigenvalue weighted by molar-refractivity contribution is 9.10. The standard InChI is InChI=1S/C10H8BrN3O2S/c1-14-10(12-5-13-14)17-8-3-2-6(9(15)16)4-7(8)11/h2-5H,1H3,(H,15,16). The minimum atomic E-state index is -0.944. The number of benzene rings is 1. The largest absolute Gasteiger partial charge is 0.478 e. The van der Waals surface area contributed by atoms with E-state index in [4.69, 9.17) is 5.11 Å². The first-order valence-electron chi connectivity index (χ1n) is 4.62. The van der Waals surface area contributed by atoms with Gasteiger partial charge in [0.25, 0.3) is 0 Å². The van der Waals surface area contributed by atoms with E-state index in [1.165, 1.54) is 18.1 Å². The Kier molecular flexibility index (Phi) is 3.49. The SMILES string of the molecule is Cn1ncnc1Sc1ccc(C(=O)O)cc1Br. The lowest BCUT2D eigenvalue weighted by Gasteiger charge is -2.04. The van der Waals surface area contributed by atoms with Crippen molar-refractivity contribution in [1.29, 1.82) is 0 Å². The van der Waals surface area contributed by atoms with Gasteiger partial charge in [0.05, 0.1) is 5.56 Å². The molecule has 0 fully saturated rings. The van der Waals surface area contributed by atoms with Gasteiger partial charge in [0.15, 0.2) is 5.16 Å². The van der Waals surface area contributed by atoms with Gasteiger partial charge in [-0.1, -0.05) is 0 Å². The van der Waals surface area contributed by atoms with Crippen LogP contribution in [0.3, 0.4) is 0 Å². The maximum absolute atomic E-state index is 10.8. The van der Waals surface area contributed by atoms with Gasteiger partial charge in [-0.3, -0.25) is 0 Å². The zero-order valence-electron chi connectivity index (χ0n) is 8.79. The lowest BCUT2D eigenvalue weighted by molar-refractivity contribution is 0.0696. The molecule has 2 rings (SSSR count). The van der Waals surface area contributed by atoms with Gasteiger partial charge in [-0.25, -0.2) is 14.5 Å². The van der Waals surface area contributed by atoms with E-state index >= 15 is 0 Å². The number of hydrogen-bond acceptors (Lipinski definition) is 4. The molecule has 0 spiro atoms. The molecule has 7 heteroatoms. The quantitative estimate of drug-likeness (QED) is 0.942. The van der Waals surface area contributed by atoms with Crippen molar-refractivity contribution >= 4 is 33.7 Å². The Morgan fingerprint density at radius 2 is 2.29 bits per heavy atom. The molecule has 0 unspecified atom stereocenters. The van der Waals surface area contributed by atoms with Gasteiger partial charge >= 0.3 is 5.97 Å². The number of aromatic carboxylic acids is 1. The molecule has 0 saturated carbocycles. The van der Waals surface area contributed by atoms with Crippen molar-refractivity contribution < 1.29 is 9.90 Å². The summed E-state index contributed by atoms with van der Waals surface area (Å²) in [6.07, 6.45) is 1.47. The van der Waals surface area contributed by atoms with Crippen molar-refractivity contribution in [3.05, 3.63) is 34.6 Å². The van der Waals surface area contributed by atoms with Crippen molar-refractivity contribution in [3.63, 3.8) is 0 Å². The molecule has 0 radical (unpaired) electrons. The van der Waals surface area contributed by atoms with Crippen LogP contribution >= 0.6 is 27.7 Å². The van der Waals surface area contributed by atoms with Crippen LogP contribution in [0, 0.1) is 0 Å². The molecule has 17 heavy (non-hydrogen) atoms. The molecule has 1 aromatic carbocycles. The molecule has 0 atom stereocenters. The second kappa shape index (κ2) is 4.89. The first kappa shape index (κ1) is 12.1. The topological polar surface area (TPSA) is 68.0 Å². The monoisotopic (exact) mass is 313 g/mol. The minimum Gasteiger partial charge on any atom is -0.478 e. The average molecular weight is 314 g/mol. The lowest BCUT2D eigenvalue weighted by atomic mass is 10.2. The fraction of sp³-hybridized carbons (Fsp3) is 0.100. The Morgan fingerprint density at radius 3 is 2.82 bits per heavy atom. The molecule has 0 aliphatic heterocycles. The number of aromatic nitrogens is 3. The summed E-state index contributed by atoms with van der Waals surface area (Å²) in [5.74, 6) is -0.944. The van der Waals surface area contributed by atoms with E-state index in [2.05, 4.69) is 26.0 Å². The smallest absolute Gasteiger partial charge is 0.335 e. The summed E-state index contributed by atoms with van der Waals surface area (Å²) in [6, 6.07) is 4.87. The van der Waals surface area contributed by atoms with E-state index < -0.39 is 5.97 Å². The van der Waals surface area contributed by atoms with Crippen LogP contribution in [-0.4, -0.2) is 25.8 Å². The summed E-state index contributed by atoms with van der Waals surface area (Å²) < 4.78 is 2.38. The number of rotatable bonds is 3. The zero-order chi connectivity index (χ0) is 12.4. The maximum atomic E-state index is 10.8. The molecule has 1 aromatic heterocycles. The second-order valence-electron chi connectivity index (χ2n) is 3.22. The summed E-state index contributed by atoms with van der Waals surface area (Å²) in [4.78, 5) is 15.8. The predicted octanol–water partition coefficient (Wildman–Crippen LogP) is 2.43. The number of carbonyl (C=O) groups is 1. The van der Waals surface area contributed by atoms with E-state index in [1.54, 1.807) is 29.9 Å². The van der Waals surface area contributed by atoms with E-state index in [0.717, 1.165) is 14.5 Å². The molecular formula is C10H8BrN3O2S. The molecular weight excluding hydrogens is 306 g/mol. The van der Waals surface area contributed by atoms with Crippen LogP contribution in [0.25, 0.3) is 0 Å². The Morgan fingerprint density at radius 1 is 1.53 bits per heavy atom. The Balaban J connectivity index is 2.29. The third kappa shape index (κ3) is 2.67. The van der Waals surface area contributed by atoms with Crippen LogP contribution in [0.5, 0.6) is 0 Å². The van der Waals surface area contributed by atoms with E-state index in [9.17, 15) is 4.79 Å². The third-order valence-electron chi connectivity index (χ3n) is 2.05. The van der Waals surface area contributed by atoms with E-state index in [1.807, 2.05) is 0 Å². The number of carboxylic acids is 1. The van der Waals surface area contributed by atoms with Crippen molar-refractivity contribution in [2.45, 2.75) is 10.1 Å². The van der Waals surface area contributed by atoms with Crippen LogP contribution in [0.2, 0.25) is 0 Å². The second-order valence-corrected chi connectivity index (χ2v) is 5.08. The van der Waals surface area contributed by atoms with Crippen LogP contribution in [-0.2, 0) is 7.05 Å². The Bertz CT molecular complexity index is 570. The Hall–Kier alpha value is -1.34. The first-order chi connectivity index (χ1) is 8.08. The van der Waals surface area contributed by atoms with Gasteiger partial charge in [0.1, 0.15) is 6.33 Å². The van der Waals surface area contributed by atoms with Crippen LogP contribution in [0.1, 0.15) is 10.4 Å². The molecule has 88 valence electrons. The van der Waals surface area contributed by atoms with Gasteiger partial charge in [0.2, 0.25) is 0 Å². The molecule has 5 nitrogen and oxygen atoms in total. The van der Waals surface area contributed by atoms with Gasteiger partial charge in [0, 0.05) is 16.4 Å². The third-order valence-corrected chi connectivity index (χ3v) is 4.10. The molecule has 0 saturated heterocycles. The summed E-state index contributed by atoms with van der Waals surface area (Å²) in [7, 11) is 1.80. The molecule has 1 heterocycles. The minimum absolute atomic E-state index is 0.249. The first-order valence-corrected chi connectivity index (χ1v) is 6.23. The van der Waals surface area contributed by atoms with Gasteiger partial charge < -0.3 is 5.11 Å². The molecule has 1 N–H and O–H groups in total. The summed E-state index contributed by atoms with van der Waals surface area (Å²) in [5.41, 5.74) is 0.249. The number of nitrogens with zero attached hydrogens (tertiary/aromatic N) is 3. The number of carboxylic acid groups (broad SMARTS) is 1. The van der Waals surface area contributed by atoms with E-state index in [-0.39, 0.29) is 5.56 Å². The van der Waals surface area contributed by atoms with Crippen molar-refractivity contribution in [2.75, 3.05) is 0 Å². The number of hydrogen-bond donors (Lipinski definition) is 1. The predicted molar refractivity (Wildman–Crippen MR) is 66.2 cm³/mol. The normalized spacial score (nSPS) is 10.5. The van der Waals surface area contributed by atoms with Crippen molar-refractivity contribution in [2.24, 2.45) is 7.05 Å². The van der Waals surface area contributed by atoms with Crippen LogP contribution in [0.15, 0.2) is 39.1 Å². The highest BCUT2D eigenvalue weighted by Gasteiger charge is 2.10. The fourth-order valence-corrected chi connectivity index (χ4v) is 2.58. The highest BCUT2D eigenvalue weighted by atomic mass is 79.9. The fourth-order valence-electron chi connectivity index (χ4n) is 1.19. The molecule has 2 aromatic rings. The van der Waals surface area contributed by atoms with Gasteiger partial charge in [-0.2, -0.15) is 5.10 Å². The average Bonchev–Trinajstić information content (AvgIpc) is 2.67. The maximum Gasteiger partial charge on any atom is 0.335 e. The number of aryl methyl sites for hydroxylation is 1. The van der Waals surface area contributed by atoms with Gasteiger partial charge in [-0.05, 0) is 45.9 Å². The highest BCUT2D eigenvalue weighted by Crippen LogP contribution is 2.32. The lowest BCUT2D eigenvalue weighted by Crippen LogP contribution is -1.96. The summed E-state index contributed by atoms with van der Waals surface area (Å²) in [5, 5.41) is 13.6. The van der Waals surface area contributed by atoms with Crippen LogP contribution in [0.4, 0.5) is 0 Å².